The highest BCUT2D eigenvalue weighted by molar-refractivity contribution is 7.92. The minimum atomic E-state index is -3.88. The van der Waals surface area contributed by atoms with Crippen LogP contribution >= 0.6 is 11.6 Å². The molecule has 0 aliphatic rings. The topological polar surface area (TPSA) is 93.2 Å². The largest absolute Gasteiger partial charge is 0.264 e. The third-order valence-electron chi connectivity index (χ3n) is 5.06. The molecule has 0 radical (unpaired) electrons. The Morgan fingerprint density at radius 1 is 0.906 bits per heavy atom. The summed E-state index contributed by atoms with van der Waals surface area (Å²) in [5, 5.41) is -0.619. The molecule has 0 saturated heterocycles. The maximum absolute atomic E-state index is 13.4. The minimum Gasteiger partial charge on any atom is -0.264 e. The number of rotatable bonds is 9. The number of nitrogens with one attached hydrogen (secondary N) is 1. The molecule has 0 saturated carbocycles. The van der Waals surface area contributed by atoms with E-state index in [1.807, 2.05) is 13.8 Å². The molecular weight excluding hydrogens is 468 g/mol. The molecule has 0 fully saturated rings. The molecule has 2 aromatic carbocycles. The summed E-state index contributed by atoms with van der Waals surface area (Å²) >= 11 is 5.85. The second kappa shape index (κ2) is 10.1. The normalized spacial score (nSPS) is 13.2. The molecule has 1 atom stereocenters. The Bertz CT molecular complexity index is 1240. The first-order valence-electron chi connectivity index (χ1n) is 10.0. The van der Waals surface area contributed by atoms with Gasteiger partial charge >= 0.3 is 0 Å². The van der Waals surface area contributed by atoms with Crippen LogP contribution in [0.4, 0.5) is 0 Å². The van der Waals surface area contributed by atoms with Crippen molar-refractivity contribution in [1.29, 1.82) is 0 Å². The number of halogens is 1. The predicted molar refractivity (Wildman–Crippen MR) is 127 cm³/mol. The fourth-order valence-corrected chi connectivity index (χ4v) is 6.26. The van der Waals surface area contributed by atoms with Crippen LogP contribution in [0.25, 0.3) is 0 Å². The summed E-state index contributed by atoms with van der Waals surface area (Å²) in [4.78, 5) is 4.15. The van der Waals surface area contributed by atoms with Crippen molar-refractivity contribution in [2.75, 3.05) is 6.54 Å². The van der Waals surface area contributed by atoms with Crippen LogP contribution in [0.3, 0.4) is 0 Å². The van der Waals surface area contributed by atoms with Gasteiger partial charge in [-0.1, -0.05) is 55.8 Å². The molecule has 1 unspecified atom stereocenters. The summed E-state index contributed by atoms with van der Waals surface area (Å²) in [5.74, 6) is -0.0203. The second-order valence-corrected chi connectivity index (χ2v) is 12.2. The van der Waals surface area contributed by atoms with Gasteiger partial charge in [-0.3, -0.25) is 4.98 Å². The van der Waals surface area contributed by atoms with E-state index < -0.39 is 25.1 Å². The van der Waals surface area contributed by atoms with Crippen molar-refractivity contribution in [3.8, 4) is 0 Å². The molecule has 1 heterocycles. The van der Waals surface area contributed by atoms with E-state index in [0.29, 0.717) is 16.1 Å². The van der Waals surface area contributed by atoms with Crippen LogP contribution < -0.4 is 4.72 Å². The Labute approximate surface area is 194 Å². The molecule has 0 spiro atoms. The highest BCUT2D eigenvalue weighted by Gasteiger charge is 2.31. The van der Waals surface area contributed by atoms with Crippen LogP contribution in [0.5, 0.6) is 0 Å². The van der Waals surface area contributed by atoms with Gasteiger partial charge in [0.1, 0.15) is 5.25 Å². The van der Waals surface area contributed by atoms with Crippen molar-refractivity contribution in [1.82, 2.24) is 9.71 Å². The zero-order chi connectivity index (χ0) is 23.4. The fraction of sp³-hybridized carbons (Fsp3) is 0.261. The average Bonchev–Trinajstić information content (AvgIpc) is 2.76. The number of hydrogen-bond acceptors (Lipinski definition) is 5. The summed E-state index contributed by atoms with van der Waals surface area (Å²) in [7, 11) is -7.67. The van der Waals surface area contributed by atoms with E-state index in [4.69, 9.17) is 11.6 Å². The maximum Gasteiger partial charge on any atom is 0.215 e. The predicted octanol–water partition coefficient (Wildman–Crippen LogP) is 4.49. The molecular formula is C23H25ClN2O4S2. The molecule has 0 aliphatic carbocycles. The third-order valence-corrected chi connectivity index (χ3v) is 8.75. The summed E-state index contributed by atoms with van der Waals surface area (Å²) in [6, 6.07) is 16.4. The van der Waals surface area contributed by atoms with E-state index in [1.54, 1.807) is 60.7 Å². The molecule has 170 valence electrons. The Morgan fingerprint density at radius 2 is 1.56 bits per heavy atom. The highest BCUT2D eigenvalue weighted by atomic mass is 35.5. The van der Waals surface area contributed by atoms with E-state index in [9.17, 15) is 16.8 Å². The Hall–Kier alpha value is -2.26. The quantitative estimate of drug-likeness (QED) is 0.475. The molecule has 3 aromatic rings. The van der Waals surface area contributed by atoms with Gasteiger partial charge in [0.2, 0.25) is 10.0 Å². The number of benzene rings is 2. The minimum absolute atomic E-state index is 0.132. The molecule has 0 amide bonds. The molecule has 9 heteroatoms. The Morgan fingerprint density at radius 3 is 2.12 bits per heavy atom. The maximum atomic E-state index is 13.4. The van der Waals surface area contributed by atoms with Crippen LogP contribution in [0.1, 0.15) is 41.7 Å². The molecule has 0 aliphatic heterocycles. The van der Waals surface area contributed by atoms with Crippen molar-refractivity contribution in [3.63, 3.8) is 0 Å². The number of sulfonamides is 1. The van der Waals surface area contributed by atoms with Crippen LogP contribution in [-0.4, -0.2) is 28.4 Å². The average molecular weight is 493 g/mol. The van der Waals surface area contributed by atoms with E-state index in [-0.39, 0.29) is 23.1 Å². The first kappa shape index (κ1) is 24.4. The SMILES string of the molecule is CC(C)c1ccc(S(=O)(=O)C(CNS(=O)(=O)Cc2ccc(Cl)cc2)c2cccnc2)cc1. The van der Waals surface area contributed by atoms with E-state index in [0.717, 1.165) is 5.56 Å². The van der Waals surface area contributed by atoms with E-state index in [1.165, 1.54) is 12.4 Å². The zero-order valence-corrected chi connectivity index (χ0v) is 20.2. The van der Waals surface area contributed by atoms with Crippen molar-refractivity contribution in [3.05, 3.63) is 94.8 Å². The standard InChI is InChI=1S/C23H25ClN2O4S2/c1-17(2)19-7-11-22(12-8-19)32(29,30)23(20-4-3-13-25-14-20)15-26-31(27,28)16-18-5-9-21(24)10-6-18/h3-14,17,23,26H,15-16H2,1-2H3. The highest BCUT2D eigenvalue weighted by Crippen LogP contribution is 2.29. The molecule has 3 rings (SSSR count). The van der Waals surface area contributed by atoms with Gasteiger partial charge in [0.05, 0.1) is 10.6 Å². The van der Waals surface area contributed by atoms with Gasteiger partial charge in [-0.15, -0.1) is 0 Å². The third kappa shape index (κ3) is 6.16. The molecule has 1 N–H and O–H groups in total. The van der Waals surface area contributed by atoms with Gasteiger partial charge < -0.3 is 0 Å². The number of hydrogen-bond donors (Lipinski definition) is 1. The monoisotopic (exact) mass is 492 g/mol. The lowest BCUT2D eigenvalue weighted by Gasteiger charge is -2.19. The van der Waals surface area contributed by atoms with Gasteiger partial charge in [-0.2, -0.15) is 0 Å². The lowest BCUT2D eigenvalue weighted by Crippen LogP contribution is -2.32. The molecule has 6 nitrogen and oxygen atoms in total. The summed E-state index contributed by atoms with van der Waals surface area (Å²) in [5.41, 5.74) is 1.98. The fourth-order valence-electron chi connectivity index (χ4n) is 3.23. The van der Waals surface area contributed by atoms with Crippen LogP contribution in [-0.2, 0) is 25.6 Å². The number of pyridine rings is 1. The molecule has 0 bridgehead atoms. The first-order chi connectivity index (χ1) is 15.1. The van der Waals surface area contributed by atoms with Crippen LogP contribution in [0.15, 0.2) is 78.0 Å². The van der Waals surface area contributed by atoms with Gasteiger partial charge in [0, 0.05) is 24.0 Å². The van der Waals surface area contributed by atoms with Crippen molar-refractivity contribution in [2.45, 2.75) is 35.7 Å². The van der Waals surface area contributed by atoms with Crippen molar-refractivity contribution < 1.29 is 16.8 Å². The van der Waals surface area contributed by atoms with Gasteiger partial charge in [0.15, 0.2) is 9.84 Å². The molecule has 1 aromatic heterocycles. The first-order valence-corrected chi connectivity index (χ1v) is 13.6. The van der Waals surface area contributed by atoms with Crippen LogP contribution in [0, 0.1) is 0 Å². The summed E-state index contributed by atoms with van der Waals surface area (Å²) < 4.78 is 54.7. The lowest BCUT2D eigenvalue weighted by molar-refractivity contribution is 0.568. The molecule has 32 heavy (non-hydrogen) atoms. The van der Waals surface area contributed by atoms with Crippen molar-refractivity contribution in [2.24, 2.45) is 0 Å². The van der Waals surface area contributed by atoms with E-state index >= 15 is 0 Å². The smallest absolute Gasteiger partial charge is 0.215 e. The van der Waals surface area contributed by atoms with Gasteiger partial charge in [0.25, 0.3) is 0 Å². The zero-order valence-electron chi connectivity index (χ0n) is 17.8. The second-order valence-electron chi connectivity index (χ2n) is 7.78. The number of aromatic nitrogens is 1. The summed E-state index contributed by atoms with van der Waals surface area (Å²) in [6.45, 7) is 3.74. The van der Waals surface area contributed by atoms with Gasteiger partial charge in [-0.25, -0.2) is 21.6 Å². The van der Waals surface area contributed by atoms with Gasteiger partial charge in [-0.05, 0) is 52.9 Å². The summed E-state index contributed by atoms with van der Waals surface area (Å²) in [6.07, 6.45) is 2.98. The Balaban J connectivity index is 1.87. The number of nitrogens with zero attached hydrogens (tertiary/aromatic N) is 1. The van der Waals surface area contributed by atoms with Crippen LogP contribution in [0.2, 0.25) is 5.02 Å². The van der Waals surface area contributed by atoms with E-state index in [2.05, 4.69) is 9.71 Å². The Kier molecular flexibility index (Phi) is 7.71. The van der Waals surface area contributed by atoms with Crippen molar-refractivity contribution >= 4 is 31.5 Å². The lowest BCUT2D eigenvalue weighted by atomic mass is 10.0. The number of sulfone groups is 1.